The molecule has 7 nitrogen and oxygen atoms in total. The van der Waals surface area contributed by atoms with Crippen molar-refractivity contribution in [3.05, 3.63) is 23.2 Å². The highest BCUT2D eigenvalue weighted by atomic mass is 35.5. The van der Waals surface area contributed by atoms with Gasteiger partial charge in [0.25, 0.3) is 5.91 Å². The van der Waals surface area contributed by atoms with E-state index in [4.69, 9.17) is 16.3 Å². The van der Waals surface area contributed by atoms with E-state index < -0.39 is 17.3 Å². The third kappa shape index (κ3) is 3.23. The number of hydrogen-bond donors (Lipinski definition) is 2. The summed E-state index contributed by atoms with van der Waals surface area (Å²) >= 11 is 5.65. The zero-order chi connectivity index (χ0) is 14.6. The molecule has 0 unspecified atom stereocenters. The molecular formula is C12H14ClN3O4. The molecule has 2 heterocycles. The van der Waals surface area contributed by atoms with Crippen LogP contribution in [0.25, 0.3) is 0 Å². The highest BCUT2D eigenvalue weighted by Gasteiger charge is 2.40. The van der Waals surface area contributed by atoms with Gasteiger partial charge in [0.2, 0.25) is 0 Å². The van der Waals surface area contributed by atoms with E-state index >= 15 is 0 Å². The maximum absolute atomic E-state index is 11.9. The van der Waals surface area contributed by atoms with Gasteiger partial charge in [-0.3, -0.25) is 14.6 Å². The Balaban J connectivity index is 2.02. The highest BCUT2D eigenvalue weighted by Crippen LogP contribution is 2.30. The average Bonchev–Trinajstić information content (AvgIpc) is 2.45. The number of nitrogens with one attached hydrogen (secondary N) is 1. The minimum absolute atomic E-state index is 0.0265. The first-order valence-electron chi connectivity index (χ1n) is 6.10. The Morgan fingerprint density at radius 1 is 1.40 bits per heavy atom. The number of carboxylic acids is 1. The third-order valence-corrected chi connectivity index (χ3v) is 3.51. The van der Waals surface area contributed by atoms with Crippen molar-refractivity contribution in [1.29, 1.82) is 0 Å². The van der Waals surface area contributed by atoms with Crippen molar-refractivity contribution in [1.82, 2.24) is 15.3 Å². The largest absolute Gasteiger partial charge is 0.481 e. The van der Waals surface area contributed by atoms with Crippen molar-refractivity contribution in [2.24, 2.45) is 5.41 Å². The summed E-state index contributed by atoms with van der Waals surface area (Å²) in [6.07, 6.45) is 3.32. The maximum Gasteiger partial charge on any atom is 0.311 e. The summed E-state index contributed by atoms with van der Waals surface area (Å²) in [6.45, 7) is 0.775. The molecule has 0 aliphatic carbocycles. The summed E-state index contributed by atoms with van der Waals surface area (Å²) in [4.78, 5) is 30.9. The Kier molecular flexibility index (Phi) is 4.51. The quantitative estimate of drug-likeness (QED) is 0.850. The Morgan fingerprint density at radius 2 is 2.10 bits per heavy atom. The van der Waals surface area contributed by atoms with E-state index in [1.807, 2.05) is 0 Å². The van der Waals surface area contributed by atoms with E-state index in [-0.39, 0.29) is 17.4 Å². The lowest BCUT2D eigenvalue weighted by molar-refractivity contribution is -0.154. The van der Waals surface area contributed by atoms with Gasteiger partial charge in [-0.05, 0) is 12.8 Å². The molecule has 20 heavy (non-hydrogen) atoms. The molecule has 0 bridgehead atoms. The standard InChI is InChI=1S/C12H14ClN3O4/c13-9-6-14-5-8(16-9)10(17)15-7-12(11(18)19)1-3-20-4-2-12/h5-6H,1-4,7H2,(H,15,17)(H,18,19). The number of halogens is 1. The molecule has 1 fully saturated rings. The van der Waals surface area contributed by atoms with Crippen molar-refractivity contribution < 1.29 is 19.4 Å². The van der Waals surface area contributed by atoms with Crippen LogP contribution in [-0.2, 0) is 9.53 Å². The zero-order valence-corrected chi connectivity index (χ0v) is 11.4. The Morgan fingerprint density at radius 3 is 2.70 bits per heavy atom. The van der Waals surface area contributed by atoms with Gasteiger partial charge >= 0.3 is 5.97 Å². The molecule has 1 aromatic rings. The molecule has 1 aliphatic heterocycles. The fourth-order valence-electron chi connectivity index (χ4n) is 2.02. The Bertz CT molecular complexity index is 517. The molecule has 0 radical (unpaired) electrons. The Labute approximate surface area is 120 Å². The lowest BCUT2D eigenvalue weighted by atomic mass is 9.80. The average molecular weight is 300 g/mol. The molecule has 1 saturated heterocycles. The first-order valence-corrected chi connectivity index (χ1v) is 6.48. The predicted octanol–water partition coefficient (Wildman–Crippen LogP) is 0.741. The highest BCUT2D eigenvalue weighted by molar-refractivity contribution is 6.29. The molecule has 2 rings (SSSR count). The zero-order valence-electron chi connectivity index (χ0n) is 10.6. The molecule has 0 aromatic carbocycles. The minimum atomic E-state index is -0.986. The van der Waals surface area contributed by atoms with Gasteiger partial charge in [0, 0.05) is 19.8 Å². The first-order chi connectivity index (χ1) is 9.53. The van der Waals surface area contributed by atoms with Gasteiger partial charge in [0.15, 0.2) is 0 Å². The van der Waals surface area contributed by atoms with Gasteiger partial charge in [-0.25, -0.2) is 4.98 Å². The van der Waals surface area contributed by atoms with Crippen LogP contribution in [0.1, 0.15) is 23.3 Å². The number of carbonyl (C=O) groups excluding carboxylic acids is 1. The molecular weight excluding hydrogens is 286 g/mol. The molecule has 0 spiro atoms. The minimum Gasteiger partial charge on any atom is -0.481 e. The van der Waals surface area contributed by atoms with Crippen molar-refractivity contribution in [2.45, 2.75) is 12.8 Å². The van der Waals surface area contributed by atoms with Gasteiger partial charge < -0.3 is 15.2 Å². The summed E-state index contributed by atoms with van der Waals surface area (Å²) in [7, 11) is 0. The van der Waals surface area contributed by atoms with Crippen LogP contribution in [0.3, 0.4) is 0 Å². The van der Waals surface area contributed by atoms with Gasteiger partial charge in [0.1, 0.15) is 10.8 Å². The topological polar surface area (TPSA) is 101 Å². The number of carboxylic acid groups (broad SMARTS) is 1. The fraction of sp³-hybridized carbons (Fsp3) is 0.500. The van der Waals surface area contributed by atoms with E-state index in [2.05, 4.69) is 15.3 Å². The maximum atomic E-state index is 11.9. The van der Waals surface area contributed by atoms with Gasteiger partial charge in [-0.1, -0.05) is 11.6 Å². The van der Waals surface area contributed by atoms with Crippen LogP contribution in [0.4, 0.5) is 0 Å². The second-order valence-corrected chi connectivity index (χ2v) is 4.99. The number of rotatable bonds is 4. The van der Waals surface area contributed by atoms with Crippen LogP contribution in [0, 0.1) is 5.41 Å². The van der Waals surface area contributed by atoms with E-state index in [0.717, 1.165) is 0 Å². The summed E-state index contributed by atoms with van der Waals surface area (Å²) in [5.41, 5.74) is -0.926. The second-order valence-electron chi connectivity index (χ2n) is 4.61. The second kappa shape index (κ2) is 6.15. The third-order valence-electron chi connectivity index (χ3n) is 3.33. The van der Waals surface area contributed by atoms with E-state index in [1.54, 1.807) is 0 Å². The lowest BCUT2D eigenvalue weighted by Crippen LogP contribution is -2.46. The molecule has 8 heteroatoms. The summed E-state index contributed by atoms with van der Waals surface area (Å²) in [5.74, 6) is -1.43. The number of amides is 1. The predicted molar refractivity (Wildman–Crippen MR) is 69.5 cm³/mol. The van der Waals surface area contributed by atoms with Crippen molar-refractivity contribution >= 4 is 23.5 Å². The molecule has 2 N–H and O–H groups in total. The van der Waals surface area contributed by atoms with Crippen molar-refractivity contribution in [3.8, 4) is 0 Å². The van der Waals surface area contributed by atoms with E-state index in [1.165, 1.54) is 12.4 Å². The normalized spacial score (nSPS) is 17.4. The van der Waals surface area contributed by atoms with E-state index in [0.29, 0.717) is 26.1 Å². The molecule has 1 aromatic heterocycles. The van der Waals surface area contributed by atoms with Crippen LogP contribution >= 0.6 is 11.6 Å². The molecule has 1 amide bonds. The summed E-state index contributed by atoms with van der Waals surface area (Å²) < 4.78 is 5.17. The number of ether oxygens (including phenoxy) is 1. The smallest absolute Gasteiger partial charge is 0.311 e. The number of hydrogen-bond acceptors (Lipinski definition) is 5. The fourth-order valence-corrected chi connectivity index (χ4v) is 2.17. The van der Waals surface area contributed by atoms with Gasteiger partial charge in [0.05, 0.1) is 17.8 Å². The monoisotopic (exact) mass is 299 g/mol. The van der Waals surface area contributed by atoms with Crippen LogP contribution in [0.2, 0.25) is 5.15 Å². The number of nitrogens with zero attached hydrogens (tertiary/aromatic N) is 2. The summed E-state index contributed by atoms with van der Waals surface area (Å²) in [6, 6.07) is 0. The van der Waals surface area contributed by atoms with Gasteiger partial charge in [-0.15, -0.1) is 0 Å². The van der Waals surface area contributed by atoms with Crippen LogP contribution in [0.5, 0.6) is 0 Å². The molecule has 0 atom stereocenters. The number of aliphatic carboxylic acids is 1. The number of carbonyl (C=O) groups is 2. The van der Waals surface area contributed by atoms with Crippen LogP contribution < -0.4 is 5.32 Å². The SMILES string of the molecule is O=C(NCC1(C(=O)O)CCOCC1)c1cncc(Cl)n1. The molecule has 0 saturated carbocycles. The first kappa shape index (κ1) is 14.7. The lowest BCUT2D eigenvalue weighted by Gasteiger charge is -2.33. The number of aromatic nitrogens is 2. The summed E-state index contributed by atoms with van der Waals surface area (Å²) in [5, 5.41) is 12.1. The van der Waals surface area contributed by atoms with E-state index in [9.17, 15) is 14.7 Å². The Hall–Kier alpha value is -1.73. The van der Waals surface area contributed by atoms with Crippen molar-refractivity contribution in [2.75, 3.05) is 19.8 Å². The molecule has 1 aliphatic rings. The van der Waals surface area contributed by atoms with Crippen LogP contribution in [-0.4, -0.2) is 46.7 Å². The van der Waals surface area contributed by atoms with Gasteiger partial charge in [-0.2, -0.15) is 0 Å². The molecule has 108 valence electrons. The van der Waals surface area contributed by atoms with Crippen molar-refractivity contribution in [3.63, 3.8) is 0 Å². The van der Waals surface area contributed by atoms with Crippen LogP contribution in [0.15, 0.2) is 12.4 Å².